The number of nitrogens with two attached hydrogens (primary N) is 1. The van der Waals surface area contributed by atoms with Crippen LogP contribution < -0.4 is 10.6 Å². The van der Waals surface area contributed by atoms with Gasteiger partial charge in [0.2, 0.25) is 0 Å². The summed E-state index contributed by atoms with van der Waals surface area (Å²) in [5, 5.41) is 11.3. The van der Waals surface area contributed by atoms with Gasteiger partial charge in [0.05, 0.1) is 32.2 Å². The van der Waals surface area contributed by atoms with E-state index in [2.05, 4.69) is 16.0 Å². The van der Waals surface area contributed by atoms with Crippen LogP contribution in [0.15, 0.2) is 12.1 Å². The Morgan fingerprint density at radius 2 is 2.15 bits per heavy atom. The Morgan fingerprint density at radius 1 is 1.35 bits per heavy atom. The quantitative estimate of drug-likeness (QED) is 0.793. The molecule has 1 atom stereocenters. The number of aryl methyl sites for hydroxylation is 1. The van der Waals surface area contributed by atoms with Crippen molar-refractivity contribution in [3.8, 4) is 0 Å². The molecular weight excluding hydrogens is 270 g/mol. The summed E-state index contributed by atoms with van der Waals surface area (Å²) in [6.07, 6.45) is 2.61. The summed E-state index contributed by atoms with van der Waals surface area (Å²) in [5.74, 6) is 0. The number of fused-ring (bicyclic) bond motifs is 1. The number of rotatable bonds is 1. The van der Waals surface area contributed by atoms with Gasteiger partial charge in [-0.3, -0.25) is 0 Å². The lowest BCUT2D eigenvalue weighted by Gasteiger charge is -2.25. The van der Waals surface area contributed by atoms with Crippen LogP contribution in [0.25, 0.3) is 10.2 Å². The third kappa shape index (κ3) is 2.60. The summed E-state index contributed by atoms with van der Waals surface area (Å²) in [5.41, 5.74) is 8.55. The molecule has 1 saturated heterocycles. The molecule has 2 heterocycles. The van der Waals surface area contributed by atoms with E-state index in [1.807, 2.05) is 19.9 Å². The molecule has 1 unspecified atom stereocenters. The minimum absolute atomic E-state index is 0.551. The van der Waals surface area contributed by atoms with Gasteiger partial charge in [0.25, 0.3) is 0 Å². The van der Waals surface area contributed by atoms with Crippen LogP contribution >= 0.6 is 11.3 Å². The number of nitrogen functional groups attached to an aromatic ring is 1. The van der Waals surface area contributed by atoms with Gasteiger partial charge < -0.3 is 15.7 Å². The summed E-state index contributed by atoms with van der Waals surface area (Å²) in [7, 11) is 0. The van der Waals surface area contributed by atoms with Gasteiger partial charge in [-0.2, -0.15) is 0 Å². The fourth-order valence-corrected chi connectivity index (χ4v) is 3.73. The standard InChI is InChI=1S/C15H21N3OS/c1-10-17-12-9-13(11(16)8-14(12)20-10)18-6-3-4-15(2,19)5-7-18/h8-9,19H,3-7,16H2,1-2H3. The maximum absolute atomic E-state index is 10.2. The first-order valence-electron chi connectivity index (χ1n) is 7.09. The Bertz CT molecular complexity index is 635. The molecule has 20 heavy (non-hydrogen) atoms. The van der Waals surface area contributed by atoms with E-state index in [4.69, 9.17) is 5.73 Å². The average molecular weight is 291 g/mol. The summed E-state index contributed by atoms with van der Waals surface area (Å²) < 4.78 is 1.14. The third-order valence-corrected chi connectivity index (χ3v) is 4.98. The minimum atomic E-state index is -0.551. The number of thiazole rings is 1. The summed E-state index contributed by atoms with van der Waals surface area (Å²) >= 11 is 1.68. The zero-order valence-corrected chi connectivity index (χ0v) is 12.8. The Morgan fingerprint density at radius 3 is 2.95 bits per heavy atom. The van der Waals surface area contributed by atoms with Crippen molar-refractivity contribution >= 4 is 32.9 Å². The molecule has 1 aliphatic rings. The van der Waals surface area contributed by atoms with Crippen molar-refractivity contribution in [3.05, 3.63) is 17.1 Å². The first-order valence-corrected chi connectivity index (χ1v) is 7.90. The molecule has 0 radical (unpaired) electrons. The fourth-order valence-electron chi connectivity index (χ4n) is 2.87. The van der Waals surface area contributed by atoms with Crippen LogP contribution in [0.2, 0.25) is 0 Å². The number of anilines is 2. The van der Waals surface area contributed by atoms with Crippen molar-refractivity contribution in [2.45, 2.75) is 38.7 Å². The molecule has 3 rings (SSSR count). The molecule has 3 N–H and O–H groups in total. The van der Waals surface area contributed by atoms with E-state index in [9.17, 15) is 5.11 Å². The number of benzene rings is 1. The SMILES string of the molecule is Cc1nc2cc(N3CCCC(C)(O)CC3)c(N)cc2s1. The van der Waals surface area contributed by atoms with Gasteiger partial charge in [-0.15, -0.1) is 11.3 Å². The van der Waals surface area contributed by atoms with E-state index in [-0.39, 0.29) is 0 Å². The Labute approximate surface area is 123 Å². The van der Waals surface area contributed by atoms with Crippen LogP contribution in [0.3, 0.4) is 0 Å². The highest BCUT2D eigenvalue weighted by molar-refractivity contribution is 7.18. The fraction of sp³-hybridized carbons (Fsp3) is 0.533. The van der Waals surface area contributed by atoms with Gasteiger partial charge in [0, 0.05) is 13.1 Å². The first-order chi connectivity index (χ1) is 9.44. The van der Waals surface area contributed by atoms with Crippen LogP contribution in [-0.2, 0) is 0 Å². The van der Waals surface area contributed by atoms with Gasteiger partial charge in [-0.25, -0.2) is 4.98 Å². The molecule has 1 aromatic heterocycles. The molecule has 0 saturated carbocycles. The average Bonchev–Trinajstić information content (AvgIpc) is 2.61. The zero-order chi connectivity index (χ0) is 14.3. The van der Waals surface area contributed by atoms with Crippen LogP contribution in [0, 0.1) is 6.92 Å². The van der Waals surface area contributed by atoms with Crippen LogP contribution in [-0.4, -0.2) is 28.8 Å². The monoisotopic (exact) mass is 291 g/mol. The maximum Gasteiger partial charge on any atom is 0.0907 e. The van der Waals surface area contributed by atoms with Gasteiger partial charge in [-0.05, 0) is 45.2 Å². The van der Waals surface area contributed by atoms with Crippen molar-refractivity contribution in [1.29, 1.82) is 0 Å². The molecule has 0 amide bonds. The normalized spacial score (nSPS) is 24.1. The van der Waals surface area contributed by atoms with E-state index >= 15 is 0 Å². The second-order valence-corrected chi connectivity index (χ2v) is 7.18. The van der Waals surface area contributed by atoms with E-state index in [0.717, 1.165) is 59.0 Å². The summed E-state index contributed by atoms with van der Waals surface area (Å²) in [6, 6.07) is 4.12. The maximum atomic E-state index is 10.2. The Balaban J connectivity index is 1.94. The molecule has 2 aromatic rings. The van der Waals surface area contributed by atoms with Gasteiger partial charge in [0.1, 0.15) is 0 Å². The number of hydrogen-bond acceptors (Lipinski definition) is 5. The number of hydrogen-bond donors (Lipinski definition) is 2. The highest BCUT2D eigenvalue weighted by Crippen LogP contribution is 2.34. The number of aliphatic hydroxyl groups is 1. The molecule has 0 aliphatic carbocycles. The first kappa shape index (κ1) is 13.6. The van der Waals surface area contributed by atoms with E-state index in [1.54, 1.807) is 11.3 Å². The lowest BCUT2D eigenvalue weighted by molar-refractivity contribution is 0.0481. The van der Waals surface area contributed by atoms with Gasteiger partial charge in [-0.1, -0.05) is 0 Å². The number of nitrogens with zero attached hydrogens (tertiary/aromatic N) is 2. The molecule has 1 fully saturated rings. The van der Waals surface area contributed by atoms with E-state index in [0.29, 0.717) is 0 Å². The molecule has 4 nitrogen and oxygen atoms in total. The second-order valence-electron chi connectivity index (χ2n) is 5.95. The predicted octanol–water partition coefficient (Wildman–Crippen LogP) is 2.93. The van der Waals surface area contributed by atoms with Crippen LogP contribution in [0.4, 0.5) is 11.4 Å². The largest absolute Gasteiger partial charge is 0.397 e. The summed E-state index contributed by atoms with van der Waals surface area (Å²) in [4.78, 5) is 6.83. The van der Waals surface area contributed by atoms with Crippen molar-refractivity contribution in [1.82, 2.24) is 4.98 Å². The predicted molar refractivity (Wildman–Crippen MR) is 85.5 cm³/mol. The van der Waals surface area contributed by atoms with E-state index in [1.165, 1.54) is 0 Å². The highest BCUT2D eigenvalue weighted by atomic mass is 32.1. The lowest BCUT2D eigenvalue weighted by Crippen LogP contribution is -2.28. The molecule has 1 aliphatic heterocycles. The third-order valence-electron chi connectivity index (χ3n) is 4.05. The molecule has 5 heteroatoms. The minimum Gasteiger partial charge on any atom is -0.397 e. The zero-order valence-electron chi connectivity index (χ0n) is 12.0. The van der Waals surface area contributed by atoms with Gasteiger partial charge >= 0.3 is 0 Å². The molecule has 0 bridgehead atoms. The van der Waals surface area contributed by atoms with Crippen molar-refractivity contribution in [2.24, 2.45) is 0 Å². The summed E-state index contributed by atoms with van der Waals surface area (Å²) in [6.45, 7) is 5.72. The van der Waals surface area contributed by atoms with Gasteiger partial charge in [0.15, 0.2) is 0 Å². The van der Waals surface area contributed by atoms with Crippen LogP contribution in [0.1, 0.15) is 31.2 Å². The smallest absolute Gasteiger partial charge is 0.0907 e. The Kier molecular flexibility index (Phi) is 3.34. The van der Waals surface area contributed by atoms with Crippen molar-refractivity contribution in [2.75, 3.05) is 23.7 Å². The molecule has 1 aromatic carbocycles. The Hall–Kier alpha value is -1.33. The highest BCUT2D eigenvalue weighted by Gasteiger charge is 2.26. The van der Waals surface area contributed by atoms with Crippen molar-refractivity contribution < 1.29 is 5.11 Å². The molecule has 108 valence electrons. The number of aromatic nitrogens is 1. The van der Waals surface area contributed by atoms with Crippen molar-refractivity contribution in [3.63, 3.8) is 0 Å². The van der Waals surface area contributed by atoms with Crippen LogP contribution in [0.5, 0.6) is 0 Å². The second kappa shape index (κ2) is 4.90. The van der Waals surface area contributed by atoms with E-state index < -0.39 is 5.60 Å². The topological polar surface area (TPSA) is 62.4 Å². The molecular formula is C15H21N3OS. The lowest BCUT2D eigenvalue weighted by atomic mass is 9.98. The molecule has 0 spiro atoms.